The Bertz CT molecular complexity index is 958. The molecule has 4 aliphatic carbocycles. The average molecular weight is 451 g/mol. The number of alkyl halides is 2. The number of hydrogen-bond donors (Lipinski definition) is 2. The lowest BCUT2D eigenvalue weighted by Gasteiger charge is -2.63. The molecule has 0 aromatic rings. The zero-order valence-corrected chi connectivity index (χ0v) is 19.0. The van der Waals surface area contributed by atoms with Gasteiger partial charge in [-0.1, -0.05) is 31.7 Å². The summed E-state index contributed by atoms with van der Waals surface area (Å²) in [5.41, 5.74) is -5.09. The van der Waals surface area contributed by atoms with Gasteiger partial charge in [0.1, 0.15) is 12.8 Å². The Morgan fingerprint density at radius 3 is 2.59 bits per heavy atom. The second kappa shape index (κ2) is 6.38. The van der Waals surface area contributed by atoms with Crippen LogP contribution >= 0.6 is 0 Å². The first-order chi connectivity index (χ1) is 14.8. The predicted octanol–water partition coefficient (Wildman–Crippen LogP) is 3.35. The van der Waals surface area contributed by atoms with Gasteiger partial charge < -0.3 is 19.7 Å². The van der Waals surface area contributed by atoms with E-state index < -0.39 is 70.5 Å². The Hall–Kier alpha value is -1.41. The minimum absolute atomic E-state index is 0.0546. The summed E-state index contributed by atoms with van der Waals surface area (Å²) in [4.78, 5) is 13.2. The summed E-state index contributed by atoms with van der Waals surface area (Å²) in [6.45, 7) is 9.96. The third-order valence-corrected chi connectivity index (χ3v) is 9.27. The van der Waals surface area contributed by atoms with Crippen LogP contribution in [0.1, 0.15) is 47.0 Å². The van der Waals surface area contributed by atoms with Gasteiger partial charge in [0.25, 0.3) is 0 Å². The van der Waals surface area contributed by atoms with E-state index in [0.717, 1.165) is 0 Å². The molecular weight excluding hydrogens is 418 g/mol. The molecule has 0 aromatic carbocycles. The van der Waals surface area contributed by atoms with Crippen LogP contribution in [0.15, 0.2) is 36.0 Å². The number of fused-ring (bicyclic) bond motifs is 7. The van der Waals surface area contributed by atoms with Crippen molar-refractivity contribution in [2.75, 3.05) is 6.61 Å². The second-order valence-corrected chi connectivity index (χ2v) is 11.2. The number of hydrogen-bond acceptors (Lipinski definition) is 5. The molecular formula is C25H32F2O5. The molecule has 7 heteroatoms. The molecule has 4 fully saturated rings. The average Bonchev–Trinajstić information content (AvgIpc) is 3.11. The van der Waals surface area contributed by atoms with E-state index in [0.29, 0.717) is 17.6 Å². The fourth-order valence-corrected chi connectivity index (χ4v) is 7.99. The molecule has 1 aliphatic heterocycles. The first-order valence-corrected chi connectivity index (χ1v) is 11.4. The number of carbonyl (C=O) groups excluding carboxylic acids is 1. The van der Waals surface area contributed by atoms with Gasteiger partial charge in [0.15, 0.2) is 22.8 Å². The highest BCUT2D eigenvalue weighted by molar-refractivity contribution is 5.91. The topological polar surface area (TPSA) is 76.0 Å². The lowest BCUT2D eigenvalue weighted by Crippen LogP contribution is -2.71. The molecule has 1 saturated heterocycles. The first-order valence-electron chi connectivity index (χ1n) is 11.4. The Kier molecular flexibility index (Phi) is 4.46. The fraction of sp³-hybridized carbons (Fsp3) is 0.720. The number of ketones is 1. The molecule has 9 atom stereocenters. The van der Waals surface area contributed by atoms with Crippen LogP contribution in [0.5, 0.6) is 0 Å². The predicted molar refractivity (Wildman–Crippen MR) is 113 cm³/mol. The molecule has 0 radical (unpaired) electrons. The van der Waals surface area contributed by atoms with Gasteiger partial charge in [0, 0.05) is 16.7 Å². The van der Waals surface area contributed by atoms with E-state index >= 15 is 8.78 Å². The molecule has 2 N–H and O–H groups in total. The van der Waals surface area contributed by atoms with E-state index in [1.165, 1.54) is 0 Å². The van der Waals surface area contributed by atoms with Gasteiger partial charge in [-0.25, -0.2) is 8.78 Å². The van der Waals surface area contributed by atoms with Crippen molar-refractivity contribution >= 4 is 5.78 Å². The van der Waals surface area contributed by atoms with Crippen molar-refractivity contribution in [3.05, 3.63) is 36.0 Å². The van der Waals surface area contributed by atoms with Crippen LogP contribution in [0.4, 0.5) is 8.78 Å². The van der Waals surface area contributed by atoms with Crippen LogP contribution in [0.3, 0.4) is 0 Å². The molecule has 0 unspecified atom stereocenters. The van der Waals surface area contributed by atoms with E-state index in [9.17, 15) is 15.0 Å². The van der Waals surface area contributed by atoms with Crippen LogP contribution in [-0.4, -0.2) is 58.0 Å². The lowest BCUT2D eigenvalue weighted by molar-refractivity contribution is -0.248. The number of allylic oxidation sites excluding steroid dienone is 5. The molecule has 0 aromatic heterocycles. The Labute approximate surface area is 187 Å². The van der Waals surface area contributed by atoms with E-state index in [-0.39, 0.29) is 12.8 Å². The molecule has 5 rings (SSSR count). The molecule has 5 aliphatic rings. The normalized spacial score (nSPS) is 53.2. The van der Waals surface area contributed by atoms with Gasteiger partial charge in [-0.3, -0.25) is 4.79 Å². The maximum absolute atomic E-state index is 17.2. The summed E-state index contributed by atoms with van der Waals surface area (Å²) in [5.74, 6) is -2.93. The van der Waals surface area contributed by atoms with Gasteiger partial charge in [-0.15, -0.1) is 0 Å². The number of carbonyl (C=O) groups is 1. The Morgan fingerprint density at radius 2 is 1.94 bits per heavy atom. The van der Waals surface area contributed by atoms with Crippen LogP contribution < -0.4 is 0 Å². The van der Waals surface area contributed by atoms with Crippen molar-refractivity contribution in [1.29, 1.82) is 0 Å². The number of Topliss-reactive ketones (excluding diaryl/α,β-unsaturated/α-hetero) is 1. The Morgan fingerprint density at radius 1 is 1.25 bits per heavy atom. The second-order valence-electron chi connectivity index (χ2n) is 11.2. The highest BCUT2D eigenvalue weighted by atomic mass is 19.1. The van der Waals surface area contributed by atoms with E-state index in [4.69, 9.17) is 9.47 Å². The summed E-state index contributed by atoms with van der Waals surface area (Å²) >= 11 is 0. The van der Waals surface area contributed by atoms with Crippen LogP contribution in [0.25, 0.3) is 0 Å². The third-order valence-electron chi connectivity index (χ3n) is 9.27. The van der Waals surface area contributed by atoms with Gasteiger partial charge in [-0.05, 0) is 57.1 Å². The summed E-state index contributed by atoms with van der Waals surface area (Å²) < 4.78 is 45.1. The number of halogens is 2. The minimum atomic E-state index is -2.12. The van der Waals surface area contributed by atoms with Crippen molar-refractivity contribution in [3.8, 4) is 0 Å². The molecule has 0 spiro atoms. The van der Waals surface area contributed by atoms with Gasteiger partial charge in [0.2, 0.25) is 0 Å². The van der Waals surface area contributed by atoms with E-state index in [2.05, 4.69) is 6.58 Å². The number of ether oxygens (including phenoxy) is 2. The number of aliphatic hydroxyl groups is 2. The van der Waals surface area contributed by atoms with E-state index in [1.807, 2.05) is 0 Å². The van der Waals surface area contributed by atoms with Crippen LogP contribution in [0, 0.1) is 22.7 Å². The van der Waals surface area contributed by atoms with Gasteiger partial charge in [0.05, 0.1) is 12.2 Å². The van der Waals surface area contributed by atoms with Crippen LogP contribution in [-0.2, 0) is 14.3 Å². The SMILES string of the molecule is C=C1C=C[C@@]2(C)C(=C1)[C@@H](F)C[C@H]1[C@@H]3C[C@H]4OC(C)(C)O[C@@]4(C(=O)CO)[C@@]3(C)C[C@H](O)[C@@]12F. The van der Waals surface area contributed by atoms with Crippen molar-refractivity contribution in [2.45, 2.75) is 82.4 Å². The number of aliphatic hydroxyl groups excluding tert-OH is 2. The van der Waals surface area contributed by atoms with Gasteiger partial charge >= 0.3 is 0 Å². The summed E-state index contributed by atoms with van der Waals surface area (Å²) in [6, 6.07) is 0. The first kappa shape index (κ1) is 22.4. The zero-order valence-electron chi connectivity index (χ0n) is 19.0. The highest BCUT2D eigenvalue weighted by Gasteiger charge is 2.80. The maximum Gasteiger partial charge on any atom is 0.193 e. The molecule has 5 nitrogen and oxygen atoms in total. The minimum Gasteiger partial charge on any atom is -0.390 e. The fourth-order valence-electron chi connectivity index (χ4n) is 7.99. The molecule has 176 valence electrons. The zero-order chi connectivity index (χ0) is 23.5. The van der Waals surface area contributed by atoms with E-state index in [1.54, 1.807) is 45.9 Å². The monoisotopic (exact) mass is 450 g/mol. The van der Waals surface area contributed by atoms with Crippen molar-refractivity contribution in [1.82, 2.24) is 0 Å². The standard InChI is InChI=1S/C25H32F2O5/c1-13-6-7-22(4)16(8-13)17(26)9-15-14-10-20-25(19(30)12-28,32-21(2,3)31-20)23(14,5)11-18(29)24(15,22)27/h6-8,14-15,17-18,20,28-29H,1,9-12H2,2-5H3/t14-,15-,17-,18-,20+,22-,23-,24-,25+/m0/s1. The smallest absolute Gasteiger partial charge is 0.193 e. The van der Waals surface area contributed by atoms with Gasteiger partial charge in [-0.2, -0.15) is 0 Å². The van der Waals surface area contributed by atoms with Crippen molar-refractivity contribution in [3.63, 3.8) is 0 Å². The Balaban J connectivity index is 1.66. The van der Waals surface area contributed by atoms with Crippen molar-refractivity contribution in [2.24, 2.45) is 22.7 Å². The molecule has 0 amide bonds. The van der Waals surface area contributed by atoms with Crippen molar-refractivity contribution < 1.29 is 33.3 Å². The largest absolute Gasteiger partial charge is 0.390 e. The summed E-state index contributed by atoms with van der Waals surface area (Å²) in [5, 5.41) is 21.2. The summed E-state index contributed by atoms with van der Waals surface area (Å²) in [6.07, 6.45) is 1.49. The molecule has 1 heterocycles. The lowest BCUT2D eigenvalue weighted by atomic mass is 9.44. The third kappa shape index (κ3) is 2.33. The summed E-state index contributed by atoms with van der Waals surface area (Å²) in [7, 11) is 0. The highest BCUT2D eigenvalue weighted by Crippen LogP contribution is 2.72. The van der Waals surface area contributed by atoms with Crippen LogP contribution in [0.2, 0.25) is 0 Å². The molecule has 3 saturated carbocycles. The quantitative estimate of drug-likeness (QED) is 0.675. The number of rotatable bonds is 2. The molecule has 32 heavy (non-hydrogen) atoms. The maximum atomic E-state index is 17.2. The molecule has 0 bridgehead atoms.